The number of nitrogens with zero attached hydrogens (tertiary/aromatic N) is 1. The molecule has 6 heteroatoms. The Balaban J connectivity index is 2.07. The van der Waals surface area contributed by atoms with Crippen molar-refractivity contribution in [2.75, 3.05) is 18.4 Å². The predicted octanol–water partition coefficient (Wildman–Crippen LogP) is 2.60. The van der Waals surface area contributed by atoms with Gasteiger partial charge in [0.1, 0.15) is 6.17 Å². The van der Waals surface area contributed by atoms with Crippen molar-refractivity contribution in [2.45, 2.75) is 25.6 Å². The molecule has 1 saturated heterocycles. The van der Waals surface area contributed by atoms with Gasteiger partial charge in [-0.2, -0.15) is 0 Å². The number of nitrogens with one attached hydrogen (secondary N) is 1. The zero-order valence-electron chi connectivity index (χ0n) is 11.4. The van der Waals surface area contributed by atoms with Gasteiger partial charge in [-0.3, -0.25) is 9.69 Å². The Morgan fingerprint density at radius 3 is 2.60 bits per heavy atom. The number of anilines is 1. The van der Waals surface area contributed by atoms with Crippen LogP contribution in [0, 0.1) is 5.92 Å². The van der Waals surface area contributed by atoms with Crippen LogP contribution in [0.15, 0.2) is 18.2 Å². The standard InChI is InChI=1S/C14H19Cl2N3O/c1-9-2-3-19(7-13(9)17)14(8-20)18-12-5-10(15)4-11(16)6-12/h4-6,8-9,13-14,18H,2-3,7,17H2,1H3. The number of rotatable bonds is 4. The molecule has 0 aliphatic carbocycles. The summed E-state index contributed by atoms with van der Waals surface area (Å²) in [5.41, 5.74) is 6.80. The quantitative estimate of drug-likeness (QED) is 0.838. The molecule has 1 fully saturated rings. The summed E-state index contributed by atoms with van der Waals surface area (Å²) in [7, 11) is 0. The molecule has 20 heavy (non-hydrogen) atoms. The molecule has 110 valence electrons. The van der Waals surface area contributed by atoms with Crippen molar-refractivity contribution < 1.29 is 4.79 Å². The van der Waals surface area contributed by atoms with Crippen LogP contribution in [0.1, 0.15) is 13.3 Å². The SMILES string of the molecule is CC1CCN(C(C=O)Nc2cc(Cl)cc(Cl)c2)CC1N. The lowest BCUT2D eigenvalue weighted by Crippen LogP contribution is -2.54. The maximum Gasteiger partial charge on any atom is 0.157 e. The second kappa shape index (κ2) is 6.76. The van der Waals surface area contributed by atoms with E-state index in [2.05, 4.69) is 12.2 Å². The van der Waals surface area contributed by atoms with Gasteiger partial charge < -0.3 is 11.1 Å². The van der Waals surface area contributed by atoms with Crippen molar-refractivity contribution in [2.24, 2.45) is 11.7 Å². The summed E-state index contributed by atoms with van der Waals surface area (Å²) in [5, 5.41) is 4.22. The highest BCUT2D eigenvalue weighted by atomic mass is 35.5. The van der Waals surface area contributed by atoms with E-state index in [1.165, 1.54) is 0 Å². The molecule has 0 radical (unpaired) electrons. The van der Waals surface area contributed by atoms with E-state index in [4.69, 9.17) is 28.9 Å². The molecule has 4 nitrogen and oxygen atoms in total. The molecular weight excluding hydrogens is 297 g/mol. The number of piperidine rings is 1. The molecule has 3 atom stereocenters. The van der Waals surface area contributed by atoms with Gasteiger partial charge >= 0.3 is 0 Å². The number of likely N-dealkylation sites (tertiary alicyclic amines) is 1. The molecule has 2 rings (SSSR count). The molecule has 0 aromatic heterocycles. The van der Waals surface area contributed by atoms with Crippen LogP contribution in [-0.4, -0.2) is 36.5 Å². The highest BCUT2D eigenvalue weighted by Gasteiger charge is 2.27. The molecule has 0 bridgehead atoms. The van der Waals surface area contributed by atoms with E-state index < -0.39 is 6.17 Å². The minimum absolute atomic E-state index is 0.0935. The van der Waals surface area contributed by atoms with Crippen LogP contribution in [-0.2, 0) is 4.79 Å². The highest BCUT2D eigenvalue weighted by Crippen LogP contribution is 2.24. The van der Waals surface area contributed by atoms with Crippen LogP contribution in [0.4, 0.5) is 5.69 Å². The number of aldehydes is 1. The number of carbonyl (C=O) groups excluding carboxylic acids is 1. The number of hydrogen-bond donors (Lipinski definition) is 2. The van der Waals surface area contributed by atoms with Gasteiger partial charge in [0, 0.05) is 34.9 Å². The maximum atomic E-state index is 11.4. The summed E-state index contributed by atoms with van der Waals surface area (Å²) in [4.78, 5) is 13.4. The molecule has 3 N–H and O–H groups in total. The number of carbonyl (C=O) groups is 1. The van der Waals surface area contributed by atoms with Gasteiger partial charge in [0.25, 0.3) is 0 Å². The van der Waals surface area contributed by atoms with Gasteiger partial charge in [-0.15, -0.1) is 0 Å². The second-order valence-corrected chi connectivity index (χ2v) is 6.18. The predicted molar refractivity (Wildman–Crippen MR) is 83.3 cm³/mol. The molecule has 1 aromatic carbocycles. The van der Waals surface area contributed by atoms with Crippen LogP contribution in [0.25, 0.3) is 0 Å². The molecule has 0 spiro atoms. The Bertz CT molecular complexity index is 463. The normalized spacial score (nSPS) is 25.2. The fourth-order valence-corrected chi connectivity index (χ4v) is 2.92. The van der Waals surface area contributed by atoms with Crippen LogP contribution < -0.4 is 11.1 Å². The van der Waals surface area contributed by atoms with Crippen molar-refractivity contribution in [3.8, 4) is 0 Å². The third-order valence-corrected chi connectivity index (χ3v) is 4.18. The molecule has 0 saturated carbocycles. The average molecular weight is 316 g/mol. The molecule has 1 heterocycles. The van der Waals surface area contributed by atoms with Crippen molar-refractivity contribution in [1.29, 1.82) is 0 Å². The van der Waals surface area contributed by atoms with Crippen LogP contribution in [0.5, 0.6) is 0 Å². The smallest absolute Gasteiger partial charge is 0.157 e. The minimum atomic E-state index is -0.414. The zero-order valence-corrected chi connectivity index (χ0v) is 12.9. The molecule has 1 aromatic rings. The summed E-state index contributed by atoms with van der Waals surface area (Å²) >= 11 is 11.9. The van der Waals surface area contributed by atoms with Crippen molar-refractivity contribution in [1.82, 2.24) is 4.90 Å². The van der Waals surface area contributed by atoms with Gasteiger partial charge in [-0.05, 0) is 30.5 Å². The molecule has 0 amide bonds. The average Bonchev–Trinajstić information content (AvgIpc) is 2.38. The lowest BCUT2D eigenvalue weighted by atomic mass is 9.94. The van der Waals surface area contributed by atoms with Gasteiger partial charge in [-0.1, -0.05) is 30.1 Å². The Morgan fingerprint density at radius 2 is 2.05 bits per heavy atom. The van der Waals surface area contributed by atoms with E-state index in [1.54, 1.807) is 18.2 Å². The first kappa shape index (κ1) is 15.6. The monoisotopic (exact) mass is 315 g/mol. The summed E-state index contributed by atoms with van der Waals surface area (Å²) in [5.74, 6) is 0.485. The minimum Gasteiger partial charge on any atom is -0.364 e. The van der Waals surface area contributed by atoms with E-state index in [0.717, 1.165) is 24.9 Å². The second-order valence-electron chi connectivity index (χ2n) is 5.31. The Hall–Kier alpha value is -0.810. The van der Waals surface area contributed by atoms with Crippen LogP contribution >= 0.6 is 23.2 Å². The number of benzene rings is 1. The largest absolute Gasteiger partial charge is 0.364 e. The fraction of sp³-hybridized carbons (Fsp3) is 0.500. The Morgan fingerprint density at radius 1 is 1.40 bits per heavy atom. The number of nitrogens with two attached hydrogens (primary N) is 1. The molecule has 3 unspecified atom stereocenters. The first-order valence-electron chi connectivity index (χ1n) is 6.67. The molecule has 1 aliphatic rings. The Labute approximate surface area is 129 Å². The molecule has 1 aliphatic heterocycles. The first-order valence-corrected chi connectivity index (χ1v) is 7.42. The van der Waals surface area contributed by atoms with E-state index in [1.807, 2.05) is 4.90 Å². The Kier molecular flexibility index (Phi) is 5.27. The summed E-state index contributed by atoms with van der Waals surface area (Å²) in [6.07, 6.45) is 1.46. The van der Waals surface area contributed by atoms with E-state index in [-0.39, 0.29) is 6.04 Å². The van der Waals surface area contributed by atoms with Gasteiger partial charge in [0.15, 0.2) is 6.29 Å². The highest BCUT2D eigenvalue weighted by molar-refractivity contribution is 6.35. The van der Waals surface area contributed by atoms with E-state index in [9.17, 15) is 4.79 Å². The van der Waals surface area contributed by atoms with Crippen molar-refractivity contribution in [3.05, 3.63) is 28.2 Å². The van der Waals surface area contributed by atoms with Gasteiger partial charge in [-0.25, -0.2) is 0 Å². The fourth-order valence-electron chi connectivity index (χ4n) is 2.40. The van der Waals surface area contributed by atoms with Crippen molar-refractivity contribution in [3.63, 3.8) is 0 Å². The van der Waals surface area contributed by atoms with Crippen LogP contribution in [0.3, 0.4) is 0 Å². The number of hydrogen-bond acceptors (Lipinski definition) is 4. The van der Waals surface area contributed by atoms with E-state index >= 15 is 0 Å². The maximum absolute atomic E-state index is 11.4. The lowest BCUT2D eigenvalue weighted by molar-refractivity contribution is -0.112. The third-order valence-electron chi connectivity index (χ3n) is 3.75. The van der Waals surface area contributed by atoms with Crippen molar-refractivity contribution >= 4 is 35.2 Å². The van der Waals surface area contributed by atoms with Crippen LogP contribution in [0.2, 0.25) is 10.0 Å². The lowest BCUT2D eigenvalue weighted by Gasteiger charge is -2.38. The molecular formula is C14H19Cl2N3O. The zero-order chi connectivity index (χ0) is 14.7. The topological polar surface area (TPSA) is 58.4 Å². The first-order chi connectivity index (χ1) is 9.49. The van der Waals surface area contributed by atoms with Gasteiger partial charge in [0.2, 0.25) is 0 Å². The van der Waals surface area contributed by atoms with Gasteiger partial charge in [0.05, 0.1) is 0 Å². The van der Waals surface area contributed by atoms with E-state index in [0.29, 0.717) is 22.5 Å². The summed E-state index contributed by atoms with van der Waals surface area (Å²) in [6.45, 7) is 3.69. The third kappa shape index (κ3) is 3.85. The number of halogens is 2. The summed E-state index contributed by atoms with van der Waals surface area (Å²) in [6, 6.07) is 5.24. The summed E-state index contributed by atoms with van der Waals surface area (Å²) < 4.78 is 0.